The number of alkyl halides is 1. The van der Waals surface area contributed by atoms with E-state index in [0.717, 1.165) is 175 Å². The molecular weight excluding hydrogens is 1610 g/mol. The Kier molecular flexibility index (Phi) is 32.5. The van der Waals surface area contributed by atoms with Crippen LogP contribution in [-0.2, 0) is 38.4 Å². The molecule has 14 bridgehead atoms. The molecule has 0 aromatic carbocycles. The minimum absolute atomic E-state index is 0.129. The molecule has 0 unspecified atom stereocenters. The van der Waals surface area contributed by atoms with Crippen LogP contribution in [0, 0.1) is 191 Å². The van der Waals surface area contributed by atoms with E-state index in [4.69, 9.17) is 11.6 Å². The molecule has 0 spiro atoms. The molecule has 25 aliphatic carbocycles. The Balaban J connectivity index is 0.000000152. The minimum atomic E-state index is -0.612. The quantitative estimate of drug-likeness (QED) is 0.108. The highest BCUT2D eigenvalue weighted by molar-refractivity contribution is 6.23. The van der Waals surface area contributed by atoms with E-state index in [1.54, 1.807) is 6.92 Å². The third kappa shape index (κ3) is 21.2. The summed E-state index contributed by atoms with van der Waals surface area (Å²) in [6.07, 6.45) is 37.9. The molecule has 10 heteroatoms. The van der Waals surface area contributed by atoms with Gasteiger partial charge in [0.2, 0.25) is 0 Å². The highest BCUT2D eigenvalue weighted by atomic mass is 35.5. The van der Waals surface area contributed by atoms with Gasteiger partial charge in [0.1, 0.15) is 28.9 Å². The van der Waals surface area contributed by atoms with Gasteiger partial charge in [0.25, 0.3) is 0 Å². The highest BCUT2D eigenvalue weighted by Gasteiger charge is 2.65. The van der Waals surface area contributed by atoms with Crippen molar-refractivity contribution in [3.63, 3.8) is 0 Å². The first-order chi connectivity index (χ1) is 59.3. The summed E-state index contributed by atoms with van der Waals surface area (Å²) in [5, 5.41) is 11.0. The van der Waals surface area contributed by atoms with Gasteiger partial charge in [-0.1, -0.05) is 210 Å². The van der Waals surface area contributed by atoms with Crippen molar-refractivity contribution in [1.82, 2.24) is 0 Å². The van der Waals surface area contributed by atoms with Crippen molar-refractivity contribution in [3.05, 3.63) is 107 Å². The normalized spacial score (nSPS) is 39.8. The van der Waals surface area contributed by atoms with Crippen LogP contribution >= 0.6 is 11.6 Å². The molecule has 0 heterocycles. The third-order valence-electron chi connectivity index (χ3n) is 41.3. The van der Waals surface area contributed by atoms with Crippen LogP contribution in [0.1, 0.15) is 387 Å². The van der Waals surface area contributed by atoms with Crippen molar-refractivity contribution in [3.8, 4) is 0 Å². The van der Waals surface area contributed by atoms with E-state index in [0.29, 0.717) is 158 Å². The number of halogens is 1. The number of hydrogen-bond acceptors (Lipinski definition) is 9. The Morgan fingerprint density at radius 1 is 0.457 bits per heavy atom. The molecule has 9 nitrogen and oxygen atoms in total. The van der Waals surface area contributed by atoms with Gasteiger partial charge >= 0.3 is 0 Å². The number of hydrogen-bond donors (Lipinski definition) is 1. The molecule has 0 aromatic rings. The number of aliphatic hydroxyl groups is 1. The molecule has 0 aromatic heterocycles. The number of Topliss-reactive ketones (excluding diaryl/α,β-unsaturated/α-hetero) is 6. The van der Waals surface area contributed by atoms with E-state index in [9.17, 15) is 43.5 Å². The summed E-state index contributed by atoms with van der Waals surface area (Å²) >= 11 is 6.50. The van der Waals surface area contributed by atoms with E-state index in [2.05, 4.69) is 226 Å². The van der Waals surface area contributed by atoms with E-state index in [-0.39, 0.29) is 55.5 Å². The molecule has 129 heavy (non-hydrogen) atoms. The van der Waals surface area contributed by atoms with E-state index in [1.807, 2.05) is 32.1 Å². The Hall–Kier alpha value is -4.73. The summed E-state index contributed by atoms with van der Waals surface area (Å²) in [4.78, 5) is 94.2. The van der Waals surface area contributed by atoms with Gasteiger partial charge in [-0.25, -0.2) is 0 Å². The monoisotopic (exact) mass is 1790 g/mol. The zero-order valence-corrected chi connectivity index (χ0v) is 88.3. The zero-order valence-electron chi connectivity index (χ0n) is 87.6. The maximum absolute atomic E-state index is 12.4. The van der Waals surface area contributed by atoms with Gasteiger partial charge < -0.3 is 9.90 Å². The van der Waals surface area contributed by atoms with E-state index in [1.165, 1.54) is 84.0 Å². The predicted octanol–water partition coefficient (Wildman–Crippen LogP) is 30.1. The molecule has 722 valence electrons. The predicted molar refractivity (Wildman–Crippen MR) is 537 cm³/mol. The summed E-state index contributed by atoms with van der Waals surface area (Å²) in [5.41, 5.74) is 13.6. The van der Waals surface area contributed by atoms with Gasteiger partial charge in [-0.15, -0.1) is 31.3 Å². The number of allylic oxidation sites excluding steroid dienone is 11. The average Bonchev–Trinajstić information content (AvgIpc) is 0.684. The number of ketones is 8. The Bertz CT molecular complexity index is 4210. The average molecular weight is 1800 g/mol. The van der Waals surface area contributed by atoms with Crippen LogP contribution in [0.4, 0.5) is 0 Å². The van der Waals surface area contributed by atoms with E-state index < -0.39 is 5.60 Å². The smallest absolute Gasteiger partial charge is 0.162 e. The van der Waals surface area contributed by atoms with Crippen molar-refractivity contribution < 1.29 is 43.5 Å². The summed E-state index contributed by atoms with van der Waals surface area (Å²) in [6, 6.07) is 0. The van der Waals surface area contributed by atoms with Crippen LogP contribution in [0.3, 0.4) is 0 Å². The van der Waals surface area contributed by atoms with Gasteiger partial charge in [-0.05, 0) is 377 Å². The summed E-state index contributed by atoms with van der Waals surface area (Å²) < 4.78 is 0. The maximum Gasteiger partial charge on any atom is 0.162 e. The Morgan fingerprint density at radius 2 is 0.845 bits per heavy atom. The Labute approximate surface area is 792 Å². The van der Waals surface area contributed by atoms with Gasteiger partial charge in [0, 0.05) is 84.3 Å². The van der Waals surface area contributed by atoms with Crippen molar-refractivity contribution in [2.75, 3.05) is 0 Å². The number of rotatable bonds is 13. The van der Waals surface area contributed by atoms with Gasteiger partial charge in [-0.3, -0.25) is 33.6 Å². The lowest BCUT2D eigenvalue weighted by atomic mass is 9.42. The number of fused-ring (bicyclic) bond motifs is 16. The lowest BCUT2D eigenvalue weighted by Crippen LogP contribution is -2.62. The molecule has 1 N–H and O–H groups in total. The molecule has 25 rings (SSSR count). The van der Waals surface area contributed by atoms with Crippen LogP contribution < -0.4 is 0 Å². The second kappa shape index (κ2) is 39.4. The molecule has 0 amide bonds. The standard InChI is InChI=1S/C15H23ClO.2C15H24O.C15H22O.C15H24O.C14H22O2.C11H16O.C10H16.C9H14O/c1-10-7-13(17)8-11-5-6-12(14(2,3)16)9-15(10,11)4;2*1-9(2)6-10(3)12-7-11-8-13(14(12)16)15(11,4)5;1-10(2)12-5-6-13-8-14(16)7-11(3)15(13,4)9-12;1-6-11-7-12-8-13(14(12,4)5)15(11,16)9-10(2)3;1-8(5-9(2)15)11-6-10-7-12(13(11)16)14(10,3)4;1-4-7-5-8-6-9(10(7)12)11(8,2)3;1-7-4-5-8-6-9(7)10(8,2)3;1-9(2)6-3-4-8(10)7(9)5-6/h8,10,12H,5-7,9H2,1-4H3;2*10-13H,1,6-8H2,2-5H3;8,11-12H,1,5-7,9H2,2-4H3;6,12-13,16H,2,7-9H2,1,3-5H3;8,10-12H,5-7H2,1-4H3;4,8-9H,5-6H2,1-3H3;8-9H,1,4-6H2,2-3H3;6-7H,3-5H2,1-2H3/b;;;;11-6+;;7-4+;;/t10-,12-,15+;10-,11+,12+,13+;10-,11+,12-,13+;11-,12-,15+;12-,13+,15+;8-,10+,11+,12+;2*8-,9-;6-,7-/m111101000/s1. The Morgan fingerprint density at radius 3 is 1.16 bits per heavy atom. The molecule has 27 atom stereocenters. The third-order valence-corrected chi connectivity index (χ3v) is 41.6. The molecular formula is C119H185ClO9. The fourth-order valence-corrected chi connectivity index (χ4v) is 30.1. The second-order valence-corrected chi connectivity index (χ2v) is 53.3. The molecule has 0 aliphatic heterocycles. The molecule has 0 saturated heterocycles. The van der Waals surface area contributed by atoms with Crippen molar-refractivity contribution in [1.29, 1.82) is 0 Å². The first kappa shape index (κ1) is 106. The molecule has 23 saturated carbocycles. The number of carbonyl (C=O) groups excluding carboxylic acids is 8. The topological polar surface area (TPSA) is 157 Å². The van der Waals surface area contributed by atoms with Crippen molar-refractivity contribution in [2.24, 2.45) is 191 Å². The van der Waals surface area contributed by atoms with Gasteiger partial charge in [0.15, 0.2) is 17.3 Å². The van der Waals surface area contributed by atoms with E-state index >= 15 is 0 Å². The van der Waals surface area contributed by atoms with Crippen LogP contribution in [0.25, 0.3) is 0 Å². The second-order valence-electron chi connectivity index (χ2n) is 52.3. The summed E-state index contributed by atoms with van der Waals surface area (Å²) in [7, 11) is 0. The largest absolute Gasteiger partial charge is 0.385 e. The van der Waals surface area contributed by atoms with Gasteiger partial charge in [-0.2, -0.15) is 0 Å². The lowest BCUT2D eigenvalue weighted by Gasteiger charge is -2.64. The highest BCUT2D eigenvalue weighted by Crippen LogP contribution is 2.68. The fraction of sp³-hybridized carbons (Fsp3) is 0.782. The molecule has 25 aliphatic rings. The van der Waals surface area contributed by atoms with Crippen LogP contribution in [-0.4, -0.2) is 61.8 Å². The van der Waals surface area contributed by atoms with Crippen molar-refractivity contribution >= 4 is 57.9 Å². The van der Waals surface area contributed by atoms with Gasteiger partial charge in [0.05, 0.1) is 5.60 Å². The minimum Gasteiger partial charge on any atom is -0.385 e. The number of carbonyl (C=O) groups is 8. The maximum atomic E-state index is 12.4. The first-order valence-electron chi connectivity index (χ1n) is 51.9. The fourth-order valence-electron chi connectivity index (χ4n) is 29.9. The lowest BCUT2D eigenvalue weighted by molar-refractivity contribution is -0.168. The van der Waals surface area contributed by atoms with Crippen LogP contribution in [0.5, 0.6) is 0 Å². The molecule has 0 radical (unpaired) electrons. The molecule has 23 fully saturated rings. The van der Waals surface area contributed by atoms with Crippen LogP contribution in [0.15, 0.2) is 107 Å². The summed E-state index contributed by atoms with van der Waals surface area (Å²) in [6.45, 7) is 85.8. The van der Waals surface area contributed by atoms with Crippen LogP contribution in [0.2, 0.25) is 0 Å². The summed E-state index contributed by atoms with van der Waals surface area (Å²) in [5.74, 6) is 16.2. The zero-order chi connectivity index (χ0) is 96.8. The first-order valence-corrected chi connectivity index (χ1v) is 52.3. The SMILES string of the molecule is C/C=C1\C[C@H]2C[C@@H](C1=O)C2(C)C.C=C(C)C[C@@H](C)[C@@H]1C[C@H]2C[C@@H](C1=O)C2(C)C.C=C(C)C[C@@H](C)[C@H]1C[C@H]2C[C@@H](C1=O)C2(C)C.C=C(C)C[C@@]1(O)/C(=C/C)C[C@H]2C[C@@H]1C2(C)C.C=C(C)[C@@H]1CCC2=CC(=O)C[C@@H](C)[C@]2(C)C1.C=C1CC[C@H]2C[C@@H]1C2(C)C.CC(=O)C[C@@H](C)[C@@H]1C[C@H]2C[C@@H](C1=O)C2(C)C.CC1(C)[C@H]2CCC(=O)[C@@H]1C2.C[C@@H]1CC(=O)C=C2CC[C@@H](C(C)(C)Cl)C[C@]21C. The van der Waals surface area contributed by atoms with Crippen molar-refractivity contribution in [2.45, 2.75) is 398 Å².